The van der Waals surface area contributed by atoms with Crippen molar-refractivity contribution < 1.29 is 9.53 Å². The van der Waals surface area contributed by atoms with Crippen LogP contribution in [0.4, 0.5) is 0 Å². The van der Waals surface area contributed by atoms with E-state index in [0.29, 0.717) is 12.1 Å². The molecule has 2 atom stereocenters. The molecule has 1 N–H and O–H groups in total. The molecule has 0 aromatic rings. The molecule has 2 rings (SSSR count). The van der Waals surface area contributed by atoms with Gasteiger partial charge in [0, 0.05) is 51.2 Å². The van der Waals surface area contributed by atoms with Gasteiger partial charge in [0.05, 0.1) is 12.7 Å². The number of carbonyl (C=O) groups excluding carboxylic acids is 1. The molecule has 176 valence electrons. The van der Waals surface area contributed by atoms with Crippen molar-refractivity contribution in [3.05, 3.63) is 0 Å². The predicted molar refractivity (Wildman–Crippen MR) is 126 cm³/mol. The summed E-state index contributed by atoms with van der Waals surface area (Å²) in [6.45, 7) is 16.8. The summed E-state index contributed by atoms with van der Waals surface area (Å²) in [4.78, 5) is 17.4. The van der Waals surface area contributed by atoms with E-state index in [2.05, 4.69) is 42.8 Å². The molecular weight excluding hydrogens is 374 g/mol. The zero-order valence-corrected chi connectivity index (χ0v) is 20.3. The fourth-order valence-electron chi connectivity index (χ4n) is 4.62. The Hall–Kier alpha value is -0.650. The average molecular weight is 424 g/mol. The highest BCUT2D eigenvalue weighted by Crippen LogP contribution is 2.24. The predicted octanol–water partition coefficient (Wildman–Crippen LogP) is 4.31. The van der Waals surface area contributed by atoms with Gasteiger partial charge in [0.25, 0.3) is 0 Å². The standard InChI is InChI=1S/C25H49N3O2/c1-5-7-9-11-22(4)25(29)26-23-18-24(19-23)30-17-16-27-12-14-28(15-13-27)20-21(3)10-8-6-2/h21-24H,5-20H2,1-4H3,(H,26,29)/t21?,22?,23-,24-. The van der Waals surface area contributed by atoms with Crippen LogP contribution in [0.2, 0.25) is 0 Å². The van der Waals surface area contributed by atoms with Gasteiger partial charge in [-0.25, -0.2) is 0 Å². The summed E-state index contributed by atoms with van der Waals surface area (Å²) in [6, 6.07) is 0.328. The van der Waals surface area contributed by atoms with Gasteiger partial charge >= 0.3 is 0 Å². The second-order valence-corrected chi connectivity index (χ2v) is 9.96. The van der Waals surface area contributed by atoms with Crippen LogP contribution in [0, 0.1) is 11.8 Å². The molecule has 1 aliphatic carbocycles. The van der Waals surface area contributed by atoms with Crippen molar-refractivity contribution in [2.24, 2.45) is 11.8 Å². The minimum atomic E-state index is 0.143. The van der Waals surface area contributed by atoms with Gasteiger partial charge in [-0.15, -0.1) is 0 Å². The van der Waals surface area contributed by atoms with Crippen molar-refractivity contribution in [2.75, 3.05) is 45.9 Å². The Bertz CT molecular complexity index is 459. The lowest BCUT2D eigenvalue weighted by molar-refractivity contribution is -0.127. The first-order valence-corrected chi connectivity index (χ1v) is 12.9. The van der Waals surface area contributed by atoms with Gasteiger partial charge in [0.1, 0.15) is 0 Å². The first-order chi connectivity index (χ1) is 14.5. The molecule has 2 fully saturated rings. The third kappa shape index (κ3) is 9.65. The smallest absolute Gasteiger partial charge is 0.223 e. The average Bonchev–Trinajstić information content (AvgIpc) is 2.71. The lowest BCUT2D eigenvalue weighted by Gasteiger charge is -2.38. The first-order valence-electron chi connectivity index (χ1n) is 12.9. The van der Waals surface area contributed by atoms with Crippen LogP contribution in [0.25, 0.3) is 0 Å². The highest BCUT2D eigenvalue weighted by atomic mass is 16.5. The molecule has 1 saturated carbocycles. The van der Waals surface area contributed by atoms with E-state index >= 15 is 0 Å². The number of hydrogen-bond acceptors (Lipinski definition) is 4. The zero-order valence-electron chi connectivity index (χ0n) is 20.3. The van der Waals surface area contributed by atoms with E-state index in [-0.39, 0.29) is 11.8 Å². The van der Waals surface area contributed by atoms with E-state index in [9.17, 15) is 4.79 Å². The van der Waals surface area contributed by atoms with Crippen molar-refractivity contribution in [2.45, 2.75) is 97.6 Å². The number of nitrogens with zero attached hydrogens (tertiary/aromatic N) is 2. The molecule has 0 bridgehead atoms. The van der Waals surface area contributed by atoms with E-state index < -0.39 is 0 Å². The molecule has 2 aliphatic rings. The summed E-state index contributed by atoms with van der Waals surface area (Å²) >= 11 is 0. The van der Waals surface area contributed by atoms with Gasteiger partial charge in [-0.2, -0.15) is 0 Å². The molecule has 30 heavy (non-hydrogen) atoms. The summed E-state index contributed by atoms with van der Waals surface area (Å²) < 4.78 is 6.06. The topological polar surface area (TPSA) is 44.8 Å². The molecule has 0 radical (unpaired) electrons. The molecule has 1 heterocycles. The van der Waals surface area contributed by atoms with Crippen molar-refractivity contribution in [1.82, 2.24) is 15.1 Å². The molecular formula is C25H49N3O2. The van der Waals surface area contributed by atoms with E-state index in [0.717, 1.165) is 44.8 Å². The maximum absolute atomic E-state index is 12.3. The van der Waals surface area contributed by atoms with Gasteiger partial charge in [-0.05, 0) is 31.6 Å². The largest absolute Gasteiger partial charge is 0.377 e. The summed E-state index contributed by atoms with van der Waals surface area (Å²) in [7, 11) is 0. The van der Waals surface area contributed by atoms with Crippen LogP contribution in [0.5, 0.6) is 0 Å². The molecule has 5 heteroatoms. The van der Waals surface area contributed by atoms with Crippen LogP contribution in [-0.4, -0.2) is 73.7 Å². The van der Waals surface area contributed by atoms with Gasteiger partial charge < -0.3 is 15.0 Å². The molecule has 1 aliphatic heterocycles. The van der Waals surface area contributed by atoms with Gasteiger partial charge in [-0.1, -0.05) is 59.8 Å². The molecule has 1 amide bonds. The summed E-state index contributed by atoms with van der Waals surface area (Å²) in [5.41, 5.74) is 0. The molecule has 1 saturated heterocycles. The highest BCUT2D eigenvalue weighted by Gasteiger charge is 2.32. The fraction of sp³-hybridized carbons (Fsp3) is 0.960. The second-order valence-electron chi connectivity index (χ2n) is 9.96. The molecule has 0 spiro atoms. The zero-order chi connectivity index (χ0) is 21.8. The summed E-state index contributed by atoms with van der Waals surface area (Å²) in [5.74, 6) is 1.20. The minimum Gasteiger partial charge on any atom is -0.377 e. The Morgan fingerprint density at radius 2 is 1.63 bits per heavy atom. The lowest BCUT2D eigenvalue weighted by Crippen LogP contribution is -2.50. The van der Waals surface area contributed by atoms with Crippen molar-refractivity contribution >= 4 is 5.91 Å². The quantitative estimate of drug-likeness (QED) is 0.399. The molecule has 5 nitrogen and oxygen atoms in total. The number of ether oxygens (including phenoxy) is 1. The van der Waals surface area contributed by atoms with Crippen LogP contribution in [0.15, 0.2) is 0 Å². The number of hydrogen-bond donors (Lipinski definition) is 1. The fourth-order valence-corrected chi connectivity index (χ4v) is 4.62. The van der Waals surface area contributed by atoms with E-state index in [1.54, 1.807) is 0 Å². The lowest BCUT2D eigenvalue weighted by atomic mass is 9.88. The summed E-state index contributed by atoms with van der Waals surface area (Å²) in [5, 5.41) is 3.21. The van der Waals surface area contributed by atoms with Gasteiger partial charge in [0.2, 0.25) is 5.91 Å². The number of carbonyl (C=O) groups is 1. The number of piperazine rings is 1. The van der Waals surface area contributed by atoms with E-state index in [1.807, 2.05) is 0 Å². The number of amides is 1. The highest BCUT2D eigenvalue weighted by molar-refractivity contribution is 5.78. The van der Waals surface area contributed by atoms with E-state index in [4.69, 9.17) is 4.74 Å². The number of rotatable bonds is 15. The maximum atomic E-state index is 12.3. The van der Waals surface area contributed by atoms with Crippen LogP contribution >= 0.6 is 0 Å². The molecule has 0 aromatic heterocycles. The molecule has 0 aromatic carbocycles. The maximum Gasteiger partial charge on any atom is 0.223 e. The molecule has 2 unspecified atom stereocenters. The minimum absolute atomic E-state index is 0.143. The SMILES string of the molecule is CCCCCC(C)C(=O)N[C@H]1C[C@H](OCCN2CCN(CC(C)CCCC)CC2)C1. The Labute approximate surface area is 186 Å². The van der Waals surface area contributed by atoms with Crippen LogP contribution in [0.1, 0.15) is 85.5 Å². The monoisotopic (exact) mass is 423 g/mol. The van der Waals surface area contributed by atoms with Crippen LogP contribution in [0.3, 0.4) is 0 Å². The van der Waals surface area contributed by atoms with Crippen LogP contribution in [-0.2, 0) is 9.53 Å². The van der Waals surface area contributed by atoms with Crippen molar-refractivity contribution in [3.63, 3.8) is 0 Å². The Morgan fingerprint density at radius 1 is 0.967 bits per heavy atom. The normalized spacial score (nSPS) is 24.9. The first kappa shape index (κ1) is 25.6. The Balaban J connectivity index is 1.47. The number of nitrogens with one attached hydrogen (secondary N) is 1. The third-order valence-corrected chi connectivity index (χ3v) is 6.98. The Morgan fingerprint density at radius 3 is 2.30 bits per heavy atom. The van der Waals surface area contributed by atoms with E-state index in [1.165, 1.54) is 64.8 Å². The van der Waals surface area contributed by atoms with Gasteiger partial charge in [0.15, 0.2) is 0 Å². The third-order valence-electron chi connectivity index (χ3n) is 6.98. The van der Waals surface area contributed by atoms with Crippen molar-refractivity contribution in [1.29, 1.82) is 0 Å². The van der Waals surface area contributed by atoms with Gasteiger partial charge in [-0.3, -0.25) is 9.69 Å². The summed E-state index contributed by atoms with van der Waals surface area (Å²) in [6.07, 6.45) is 11.0. The second kappa shape index (κ2) is 14.4. The number of unbranched alkanes of at least 4 members (excludes halogenated alkanes) is 3. The van der Waals surface area contributed by atoms with Crippen LogP contribution < -0.4 is 5.32 Å². The van der Waals surface area contributed by atoms with Crippen molar-refractivity contribution in [3.8, 4) is 0 Å². The Kier molecular flexibility index (Phi) is 12.3.